The first kappa shape index (κ1) is 10.5. The molecular weight excluding hydrogens is 282 g/mol. The molecule has 1 aromatic heterocycles. The SMILES string of the molecule is O=C1NCCNc2c1cnc1ccc(Br)cc21. The molecule has 0 spiro atoms. The van der Waals surface area contributed by atoms with Crippen molar-refractivity contribution in [3.05, 3.63) is 34.4 Å². The van der Waals surface area contributed by atoms with Gasteiger partial charge >= 0.3 is 0 Å². The van der Waals surface area contributed by atoms with Gasteiger partial charge in [0.15, 0.2) is 0 Å². The van der Waals surface area contributed by atoms with Crippen LogP contribution in [0, 0.1) is 0 Å². The monoisotopic (exact) mass is 291 g/mol. The Bertz CT molecular complexity index is 612. The van der Waals surface area contributed by atoms with Crippen molar-refractivity contribution < 1.29 is 4.79 Å². The number of aromatic nitrogens is 1. The van der Waals surface area contributed by atoms with Gasteiger partial charge in [0.25, 0.3) is 5.91 Å². The molecule has 0 atom stereocenters. The number of fused-ring (bicyclic) bond motifs is 3. The van der Waals surface area contributed by atoms with Crippen molar-refractivity contribution in [3.8, 4) is 0 Å². The van der Waals surface area contributed by atoms with Crippen LogP contribution in [0.4, 0.5) is 5.69 Å². The van der Waals surface area contributed by atoms with Crippen LogP contribution in [0.3, 0.4) is 0 Å². The van der Waals surface area contributed by atoms with E-state index in [1.54, 1.807) is 6.20 Å². The Morgan fingerprint density at radius 1 is 1.24 bits per heavy atom. The average Bonchev–Trinajstić information content (AvgIpc) is 2.52. The van der Waals surface area contributed by atoms with Gasteiger partial charge in [0.2, 0.25) is 0 Å². The number of carbonyl (C=O) groups excluding carboxylic acids is 1. The third-order valence-electron chi connectivity index (χ3n) is 2.79. The van der Waals surface area contributed by atoms with Crippen LogP contribution in [0.15, 0.2) is 28.9 Å². The number of anilines is 1. The zero-order valence-electron chi connectivity index (χ0n) is 8.96. The number of pyridine rings is 1. The summed E-state index contributed by atoms with van der Waals surface area (Å²) in [5.74, 6) is -0.0700. The molecule has 2 N–H and O–H groups in total. The third kappa shape index (κ3) is 1.76. The van der Waals surface area contributed by atoms with Crippen LogP contribution < -0.4 is 10.6 Å². The van der Waals surface area contributed by atoms with E-state index in [9.17, 15) is 4.79 Å². The molecule has 0 aliphatic carbocycles. The molecule has 0 fully saturated rings. The summed E-state index contributed by atoms with van der Waals surface area (Å²) in [6, 6.07) is 5.86. The van der Waals surface area contributed by atoms with Gasteiger partial charge in [-0.3, -0.25) is 9.78 Å². The molecule has 17 heavy (non-hydrogen) atoms. The summed E-state index contributed by atoms with van der Waals surface area (Å²) in [5, 5.41) is 7.08. The Morgan fingerprint density at radius 2 is 2.06 bits per heavy atom. The van der Waals surface area contributed by atoms with Crippen molar-refractivity contribution in [1.29, 1.82) is 0 Å². The second-order valence-corrected chi connectivity index (χ2v) is 4.81. The highest BCUT2D eigenvalue weighted by molar-refractivity contribution is 9.10. The van der Waals surface area contributed by atoms with Crippen molar-refractivity contribution in [1.82, 2.24) is 10.3 Å². The van der Waals surface area contributed by atoms with Gasteiger partial charge in [0.05, 0.1) is 16.8 Å². The van der Waals surface area contributed by atoms with E-state index in [0.717, 1.165) is 27.6 Å². The summed E-state index contributed by atoms with van der Waals surface area (Å²) in [5.41, 5.74) is 2.36. The van der Waals surface area contributed by atoms with Crippen molar-refractivity contribution in [2.45, 2.75) is 0 Å². The van der Waals surface area contributed by atoms with E-state index in [0.29, 0.717) is 12.1 Å². The number of benzene rings is 1. The molecule has 0 bridgehead atoms. The number of rotatable bonds is 0. The predicted molar refractivity (Wildman–Crippen MR) is 70.3 cm³/mol. The lowest BCUT2D eigenvalue weighted by Gasteiger charge is -2.09. The summed E-state index contributed by atoms with van der Waals surface area (Å²) >= 11 is 3.44. The average molecular weight is 292 g/mol. The highest BCUT2D eigenvalue weighted by Crippen LogP contribution is 2.29. The largest absolute Gasteiger partial charge is 0.382 e. The topological polar surface area (TPSA) is 54.0 Å². The Labute approximate surface area is 107 Å². The minimum absolute atomic E-state index is 0.0700. The molecule has 1 amide bonds. The highest BCUT2D eigenvalue weighted by Gasteiger charge is 2.17. The molecule has 2 heterocycles. The molecule has 3 rings (SSSR count). The molecule has 0 saturated heterocycles. The van der Waals surface area contributed by atoms with Gasteiger partial charge in [-0.15, -0.1) is 0 Å². The van der Waals surface area contributed by atoms with Gasteiger partial charge in [-0.05, 0) is 18.2 Å². The van der Waals surface area contributed by atoms with Crippen LogP contribution in [0.1, 0.15) is 10.4 Å². The number of nitrogens with zero attached hydrogens (tertiary/aromatic N) is 1. The zero-order chi connectivity index (χ0) is 11.8. The van der Waals surface area contributed by atoms with Crippen molar-refractivity contribution in [3.63, 3.8) is 0 Å². The van der Waals surface area contributed by atoms with Crippen LogP contribution >= 0.6 is 15.9 Å². The second-order valence-electron chi connectivity index (χ2n) is 3.89. The number of halogens is 1. The van der Waals surface area contributed by atoms with Crippen molar-refractivity contribution in [2.24, 2.45) is 0 Å². The summed E-state index contributed by atoms with van der Waals surface area (Å²) in [7, 11) is 0. The third-order valence-corrected chi connectivity index (χ3v) is 3.28. The summed E-state index contributed by atoms with van der Waals surface area (Å²) < 4.78 is 0.978. The number of hydrogen-bond donors (Lipinski definition) is 2. The Morgan fingerprint density at radius 3 is 2.94 bits per heavy atom. The molecular formula is C12H10BrN3O. The lowest BCUT2D eigenvalue weighted by atomic mass is 10.1. The van der Waals surface area contributed by atoms with Crippen LogP contribution in [0.25, 0.3) is 10.9 Å². The maximum absolute atomic E-state index is 11.8. The molecule has 1 aromatic carbocycles. The van der Waals surface area contributed by atoms with E-state index >= 15 is 0 Å². The highest BCUT2D eigenvalue weighted by atomic mass is 79.9. The lowest BCUT2D eigenvalue weighted by molar-refractivity contribution is 0.0958. The summed E-state index contributed by atoms with van der Waals surface area (Å²) in [6.45, 7) is 1.35. The van der Waals surface area contributed by atoms with E-state index < -0.39 is 0 Å². The molecule has 2 aromatic rings. The number of carbonyl (C=O) groups is 1. The number of hydrogen-bond acceptors (Lipinski definition) is 3. The number of nitrogens with one attached hydrogen (secondary N) is 2. The Hall–Kier alpha value is -1.62. The van der Waals surface area contributed by atoms with Crippen LogP contribution in [-0.2, 0) is 0 Å². The van der Waals surface area contributed by atoms with Gasteiger partial charge in [0, 0.05) is 29.1 Å². The van der Waals surface area contributed by atoms with Crippen LogP contribution in [0.5, 0.6) is 0 Å². The molecule has 0 radical (unpaired) electrons. The second kappa shape index (κ2) is 4.00. The fraction of sp³-hybridized carbons (Fsp3) is 0.167. The maximum atomic E-state index is 11.8. The normalized spacial score (nSPS) is 14.8. The maximum Gasteiger partial charge on any atom is 0.255 e. The first-order valence-corrected chi connectivity index (χ1v) is 6.15. The Balaban J connectivity index is 2.33. The van der Waals surface area contributed by atoms with Crippen LogP contribution in [-0.4, -0.2) is 24.0 Å². The molecule has 0 unspecified atom stereocenters. The molecule has 4 nitrogen and oxygen atoms in total. The molecule has 86 valence electrons. The predicted octanol–water partition coefficient (Wildman–Crippen LogP) is 2.15. The molecule has 1 aliphatic rings. The van der Waals surface area contributed by atoms with E-state index in [4.69, 9.17) is 0 Å². The lowest BCUT2D eigenvalue weighted by Crippen LogP contribution is -2.24. The van der Waals surface area contributed by atoms with Crippen LogP contribution in [0.2, 0.25) is 0 Å². The Kier molecular flexibility index (Phi) is 2.48. The fourth-order valence-corrected chi connectivity index (χ4v) is 2.35. The van der Waals surface area contributed by atoms with E-state index in [1.807, 2.05) is 18.2 Å². The smallest absolute Gasteiger partial charge is 0.255 e. The fourth-order valence-electron chi connectivity index (χ4n) is 1.99. The standard InChI is InChI=1S/C12H10BrN3O/c13-7-1-2-10-8(5-7)11-9(6-16-10)12(17)15-4-3-14-11/h1-2,5-6,14H,3-4H2,(H,15,17). The van der Waals surface area contributed by atoms with Gasteiger partial charge < -0.3 is 10.6 Å². The quantitative estimate of drug-likeness (QED) is 0.782. The summed E-state index contributed by atoms with van der Waals surface area (Å²) in [6.07, 6.45) is 1.62. The zero-order valence-corrected chi connectivity index (χ0v) is 10.5. The van der Waals surface area contributed by atoms with Crippen molar-refractivity contribution >= 4 is 38.4 Å². The first-order chi connectivity index (χ1) is 8.25. The first-order valence-electron chi connectivity index (χ1n) is 5.36. The molecule has 5 heteroatoms. The molecule has 0 saturated carbocycles. The van der Waals surface area contributed by atoms with E-state index in [1.165, 1.54) is 0 Å². The minimum Gasteiger partial charge on any atom is -0.382 e. The van der Waals surface area contributed by atoms with Gasteiger partial charge in [-0.25, -0.2) is 0 Å². The molecule has 1 aliphatic heterocycles. The van der Waals surface area contributed by atoms with Gasteiger partial charge in [-0.1, -0.05) is 15.9 Å². The van der Waals surface area contributed by atoms with Gasteiger partial charge in [-0.2, -0.15) is 0 Å². The van der Waals surface area contributed by atoms with E-state index in [2.05, 4.69) is 31.5 Å². The summed E-state index contributed by atoms with van der Waals surface area (Å²) in [4.78, 5) is 16.1. The van der Waals surface area contributed by atoms with E-state index in [-0.39, 0.29) is 5.91 Å². The minimum atomic E-state index is -0.0700. The van der Waals surface area contributed by atoms with Gasteiger partial charge in [0.1, 0.15) is 0 Å². The number of amides is 1. The van der Waals surface area contributed by atoms with Crippen molar-refractivity contribution in [2.75, 3.05) is 18.4 Å².